The van der Waals surface area contributed by atoms with Crippen LogP contribution >= 0.6 is 11.3 Å². The lowest BCUT2D eigenvalue weighted by atomic mass is 9.92. The van der Waals surface area contributed by atoms with Crippen molar-refractivity contribution in [2.75, 3.05) is 11.9 Å². The number of thiophene rings is 1. The standard InChI is InChI=1S/C33H32N4O5S/c1-17-12-19(16-34)13-18(2)28(17)37-31(38)24-14-25-27(42-10-8-20-9-11-43-30(20)25)15-23(24)22-6-7-26(36-29(22)33(40)41)32(39)35-21-4-3-5-21/h6-7,9,11-15,21H,3-5,8,10,16,34H2,1-2H3,(H,35,39)(H,37,38)(H,40,41). The van der Waals surface area contributed by atoms with E-state index in [0.717, 1.165) is 52.0 Å². The molecule has 9 nitrogen and oxygen atoms in total. The maximum atomic E-state index is 14.1. The van der Waals surface area contributed by atoms with Gasteiger partial charge in [-0.1, -0.05) is 12.1 Å². The molecule has 2 aliphatic rings. The molecule has 0 atom stereocenters. The number of ether oxygens (including phenoxy) is 1. The number of benzene rings is 2. The summed E-state index contributed by atoms with van der Waals surface area (Å²) in [4.78, 5) is 44.7. The van der Waals surface area contributed by atoms with Crippen LogP contribution in [-0.2, 0) is 13.0 Å². The maximum absolute atomic E-state index is 14.1. The van der Waals surface area contributed by atoms with Gasteiger partial charge in [-0.05, 0) is 91.1 Å². The number of carboxylic acids is 1. The Hall–Kier alpha value is -4.54. The van der Waals surface area contributed by atoms with Gasteiger partial charge in [0.25, 0.3) is 11.8 Å². The highest BCUT2D eigenvalue weighted by atomic mass is 32.1. The van der Waals surface area contributed by atoms with E-state index in [1.54, 1.807) is 29.5 Å². The van der Waals surface area contributed by atoms with Crippen molar-refractivity contribution < 1.29 is 24.2 Å². The van der Waals surface area contributed by atoms with E-state index < -0.39 is 17.8 Å². The van der Waals surface area contributed by atoms with Gasteiger partial charge in [0.1, 0.15) is 11.4 Å². The van der Waals surface area contributed by atoms with Crippen LogP contribution in [0.2, 0.25) is 0 Å². The van der Waals surface area contributed by atoms with E-state index in [4.69, 9.17) is 10.5 Å². The van der Waals surface area contributed by atoms with Gasteiger partial charge in [-0.3, -0.25) is 9.59 Å². The van der Waals surface area contributed by atoms with Gasteiger partial charge >= 0.3 is 5.97 Å². The smallest absolute Gasteiger partial charge is 0.355 e. The first-order valence-electron chi connectivity index (χ1n) is 14.3. The van der Waals surface area contributed by atoms with E-state index in [9.17, 15) is 19.5 Å². The molecule has 5 N–H and O–H groups in total. The number of nitrogens with zero attached hydrogens (tertiary/aromatic N) is 1. The second-order valence-electron chi connectivity index (χ2n) is 11.0. The van der Waals surface area contributed by atoms with E-state index in [1.807, 2.05) is 31.4 Å². The summed E-state index contributed by atoms with van der Waals surface area (Å²) >= 11 is 1.57. The number of nitrogens with one attached hydrogen (secondary N) is 2. The number of carbonyl (C=O) groups is 3. The maximum Gasteiger partial charge on any atom is 0.355 e. The molecule has 0 saturated heterocycles. The molecular formula is C33H32N4O5S. The summed E-state index contributed by atoms with van der Waals surface area (Å²) in [6.45, 7) is 4.64. The molecule has 10 heteroatoms. The summed E-state index contributed by atoms with van der Waals surface area (Å²) in [5.74, 6) is -1.58. The fourth-order valence-electron chi connectivity index (χ4n) is 5.65. The zero-order valence-corrected chi connectivity index (χ0v) is 24.8. The van der Waals surface area contributed by atoms with Gasteiger partial charge in [0.15, 0.2) is 5.69 Å². The Labute approximate surface area is 253 Å². The molecule has 1 saturated carbocycles. The van der Waals surface area contributed by atoms with Crippen LogP contribution in [0.4, 0.5) is 5.69 Å². The lowest BCUT2D eigenvalue weighted by molar-refractivity contribution is 0.0691. The molecule has 0 unspecified atom stereocenters. The summed E-state index contributed by atoms with van der Waals surface area (Å²) in [6, 6.07) is 12.5. The Balaban J connectivity index is 1.49. The number of carbonyl (C=O) groups excluding carboxylic acids is 2. The summed E-state index contributed by atoms with van der Waals surface area (Å²) in [7, 11) is 0. The Morgan fingerprint density at radius 2 is 1.79 bits per heavy atom. The van der Waals surface area contributed by atoms with Crippen LogP contribution in [0, 0.1) is 13.8 Å². The number of hydrogen-bond donors (Lipinski definition) is 4. The fraction of sp³-hybridized carbons (Fsp3) is 0.273. The summed E-state index contributed by atoms with van der Waals surface area (Å²) in [5, 5.41) is 18.2. The number of amides is 2. The second kappa shape index (κ2) is 11.6. The molecule has 2 aromatic heterocycles. The Morgan fingerprint density at radius 1 is 1.02 bits per heavy atom. The van der Waals surface area contributed by atoms with Crippen LogP contribution in [0.3, 0.4) is 0 Å². The number of anilines is 1. The van der Waals surface area contributed by atoms with Gasteiger partial charge in [0.05, 0.1) is 6.61 Å². The summed E-state index contributed by atoms with van der Waals surface area (Å²) in [6.07, 6.45) is 3.54. The number of aromatic nitrogens is 1. The summed E-state index contributed by atoms with van der Waals surface area (Å²) in [5.41, 5.74) is 11.6. The van der Waals surface area contributed by atoms with E-state index in [-0.39, 0.29) is 28.6 Å². The van der Waals surface area contributed by atoms with Gasteiger partial charge in [0, 0.05) is 51.8 Å². The SMILES string of the molecule is Cc1cc(CN)cc(C)c1NC(=O)c1cc2c(cc1-c1ccc(C(=O)NC3CCC3)nc1C(=O)O)OCCc1ccsc1-2. The predicted octanol–water partition coefficient (Wildman–Crippen LogP) is 5.72. The van der Waals surface area contributed by atoms with Crippen molar-refractivity contribution in [2.24, 2.45) is 5.73 Å². The Kier molecular flexibility index (Phi) is 7.72. The van der Waals surface area contributed by atoms with Gasteiger partial charge in [-0.2, -0.15) is 0 Å². The third kappa shape index (κ3) is 5.51. The first-order chi connectivity index (χ1) is 20.7. The number of hydrogen-bond acceptors (Lipinski definition) is 7. The van der Waals surface area contributed by atoms with Crippen molar-refractivity contribution in [3.8, 4) is 27.3 Å². The van der Waals surface area contributed by atoms with E-state index >= 15 is 0 Å². The predicted molar refractivity (Wildman–Crippen MR) is 166 cm³/mol. The van der Waals surface area contributed by atoms with E-state index in [2.05, 4.69) is 21.7 Å². The minimum absolute atomic E-state index is 0.0135. The van der Waals surface area contributed by atoms with Gasteiger partial charge < -0.3 is 26.2 Å². The van der Waals surface area contributed by atoms with Crippen molar-refractivity contribution in [1.29, 1.82) is 0 Å². The van der Waals surface area contributed by atoms with Crippen molar-refractivity contribution in [3.63, 3.8) is 0 Å². The van der Waals surface area contributed by atoms with E-state index in [0.29, 0.717) is 36.6 Å². The molecule has 6 rings (SSSR count). The molecule has 3 heterocycles. The first kappa shape index (κ1) is 28.6. The molecule has 43 heavy (non-hydrogen) atoms. The molecule has 0 radical (unpaired) electrons. The van der Waals surface area contributed by atoms with Crippen molar-refractivity contribution in [2.45, 2.75) is 52.1 Å². The van der Waals surface area contributed by atoms with Crippen molar-refractivity contribution >= 4 is 34.8 Å². The van der Waals surface area contributed by atoms with Crippen LogP contribution in [0.1, 0.15) is 72.9 Å². The van der Waals surface area contributed by atoms with Crippen LogP contribution in [0.5, 0.6) is 5.75 Å². The minimum atomic E-state index is -1.31. The lowest BCUT2D eigenvalue weighted by Gasteiger charge is -2.26. The highest BCUT2D eigenvalue weighted by molar-refractivity contribution is 7.13. The van der Waals surface area contributed by atoms with Crippen LogP contribution < -0.4 is 21.1 Å². The topological polar surface area (TPSA) is 144 Å². The fourth-order valence-corrected chi connectivity index (χ4v) is 6.63. The molecule has 1 aliphatic heterocycles. The molecule has 4 aromatic rings. The quantitative estimate of drug-likeness (QED) is 0.214. The third-order valence-corrected chi connectivity index (χ3v) is 9.10. The minimum Gasteiger partial charge on any atom is -0.493 e. The molecule has 220 valence electrons. The second-order valence-corrected chi connectivity index (χ2v) is 11.9. The molecule has 0 bridgehead atoms. The number of aryl methyl sites for hydroxylation is 2. The van der Waals surface area contributed by atoms with Crippen LogP contribution in [0.15, 0.2) is 47.8 Å². The van der Waals surface area contributed by atoms with Gasteiger partial charge in [0.2, 0.25) is 0 Å². The monoisotopic (exact) mass is 596 g/mol. The van der Waals surface area contributed by atoms with Crippen LogP contribution in [0.25, 0.3) is 21.6 Å². The van der Waals surface area contributed by atoms with Crippen molar-refractivity contribution in [3.05, 3.63) is 87.0 Å². The van der Waals surface area contributed by atoms with Gasteiger partial charge in [-0.25, -0.2) is 9.78 Å². The number of carboxylic acid groups (broad SMARTS) is 1. The molecule has 0 spiro atoms. The average molecular weight is 597 g/mol. The lowest BCUT2D eigenvalue weighted by Crippen LogP contribution is -2.39. The number of aromatic carboxylic acids is 1. The normalized spacial score (nSPS) is 14.0. The van der Waals surface area contributed by atoms with Crippen molar-refractivity contribution in [1.82, 2.24) is 10.3 Å². The van der Waals surface area contributed by atoms with Gasteiger partial charge in [-0.15, -0.1) is 11.3 Å². The molecule has 2 amide bonds. The molecular weight excluding hydrogens is 564 g/mol. The molecule has 1 aliphatic carbocycles. The number of nitrogens with two attached hydrogens (primary N) is 1. The molecule has 2 aromatic carbocycles. The number of rotatable bonds is 7. The zero-order chi connectivity index (χ0) is 30.2. The molecule has 1 fully saturated rings. The first-order valence-corrected chi connectivity index (χ1v) is 15.2. The zero-order valence-electron chi connectivity index (χ0n) is 24.0. The largest absolute Gasteiger partial charge is 0.493 e. The highest BCUT2D eigenvalue weighted by Crippen LogP contribution is 2.43. The van der Waals surface area contributed by atoms with Crippen LogP contribution in [-0.4, -0.2) is 40.5 Å². The Morgan fingerprint density at radius 3 is 2.47 bits per heavy atom. The Bertz CT molecular complexity index is 1750. The average Bonchev–Trinajstić information content (AvgIpc) is 3.37. The summed E-state index contributed by atoms with van der Waals surface area (Å²) < 4.78 is 6.12. The number of fused-ring (bicyclic) bond motifs is 3. The third-order valence-electron chi connectivity index (χ3n) is 8.11. The highest BCUT2D eigenvalue weighted by Gasteiger charge is 2.28. The number of pyridine rings is 1. The van der Waals surface area contributed by atoms with E-state index in [1.165, 1.54) is 6.07 Å².